The van der Waals surface area contributed by atoms with Gasteiger partial charge >= 0.3 is 5.97 Å². The first-order valence-electron chi connectivity index (χ1n) is 5.82. The average Bonchev–Trinajstić information content (AvgIpc) is 2.39. The van der Waals surface area contributed by atoms with Gasteiger partial charge in [-0.3, -0.25) is 9.78 Å². The van der Waals surface area contributed by atoms with Crippen LogP contribution in [0.4, 0.5) is 0 Å². The lowest BCUT2D eigenvalue weighted by Crippen LogP contribution is -2.57. The van der Waals surface area contributed by atoms with Crippen molar-refractivity contribution in [2.75, 3.05) is 19.6 Å². The molecule has 8 heteroatoms. The van der Waals surface area contributed by atoms with Crippen LogP contribution in [0.25, 0.3) is 0 Å². The molecule has 1 aliphatic heterocycles. The summed E-state index contributed by atoms with van der Waals surface area (Å²) in [7, 11) is -3.65. The Morgan fingerprint density at radius 2 is 2.16 bits per heavy atom. The molecule has 7 nitrogen and oxygen atoms in total. The average molecular weight is 285 g/mol. The van der Waals surface area contributed by atoms with Gasteiger partial charge in [-0.05, 0) is 17.7 Å². The minimum Gasteiger partial charge on any atom is -0.480 e. The van der Waals surface area contributed by atoms with Crippen molar-refractivity contribution in [2.45, 2.75) is 11.8 Å². The number of rotatable bonds is 4. The first-order valence-corrected chi connectivity index (χ1v) is 7.43. The fraction of sp³-hybridized carbons (Fsp3) is 0.455. The molecule has 1 aromatic heterocycles. The Bertz CT molecular complexity index is 546. The second-order valence-electron chi connectivity index (χ2n) is 4.28. The fourth-order valence-electron chi connectivity index (χ4n) is 2.00. The molecule has 1 aliphatic rings. The van der Waals surface area contributed by atoms with Crippen LogP contribution in [0, 0.1) is 0 Å². The predicted octanol–water partition coefficient (Wildman–Crippen LogP) is -0.730. The van der Waals surface area contributed by atoms with Crippen LogP contribution >= 0.6 is 0 Å². The zero-order valence-electron chi connectivity index (χ0n) is 10.2. The summed E-state index contributed by atoms with van der Waals surface area (Å²) in [5.74, 6) is -1.34. The summed E-state index contributed by atoms with van der Waals surface area (Å²) in [6, 6.07) is 2.17. The molecule has 0 amide bonds. The molecule has 2 N–H and O–H groups in total. The van der Waals surface area contributed by atoms with Gasteiger partial charge in [0.05, 0.1) is 5.75 Å². The van der Waals surface area contributed by atoms with Crippen molar-refractivity contribution in [1.82, 2.24) is 14.6 Å². The molecule has 2 rings (SSSR count). The number of hydrogen-bond acceptors (Lipinski definition) is 5. The summed E-state index contributed by atoms with van der Waals surface area (Å²) in [5.41, 5.74) is 0.595. The first-order chi connectivity index (χ1) is 9.00. The van der Waals surface area contributed by atoms with Crippen LogP contribution < -0.4 is 5.32 Å². The van der Waals surface area contributed by atoms with Crippen molar-refractivity contribution >= 4 is 16.0 Å². The van der Waals surface area contributed by atoms with Crippen LogP contribution in [-0.2, 0) is 20.6 Å². The molecule has 1 fully saturated rings. The zero-order chi connectivity index (χ0) is 13.9. The molecule has 0 aromatic carbocycles. The Balaban J connectivity index is 2.20. The molecule has 1 aromatic rings. The van der Waals surface area contributed by atoms with E-state index in [1.165, 1.54) is 12.4 Å². The molecule has 1 unspecified atom stereocenters. The number of nitrogens with zero attached hydrogens (tertiary/aromatic N) is 2. The highest BCUT2D eigenvalue weighted by atomic mass is 32.2. The van der Waals surface area contributed by atoms with Gasteiger partial charge in [0.1, 0.15) is 6.04 Å². The van der Waals surface area contributed by atoms with Gasteiger partial charge < -0.3 is 10.4 Å². The van der Waals surface area contributed by atoms with E-state index in [4.69, 9.17) is 5.11 Å². The van der Waals surface area contributed by atoms with Gasteiger partial charge in [0.15, 0.2) is 0 Å². The number of aliphatic carboxylic acids is 1. The number of carboxylic acid groups (broad SMARTS) is 1. The molecule has 0 bridgehead atoms. The molecule has 1 saturated heterocycles. The van der Waals surface area contributed by atoms with E-state index in [2.05, 4.69) is 10.3 Å². The Morgan fingerprint density at radius 3 is 2.79 bits per heavy atom. The van der Waals surface area contributed by atoms with Crippen molar-refractivity contribution < 1.29 is 18.3 Å². The van der Waals surface area contributed by atoms with E-state index in [9.17, 15) is 13.2 Å². The van der Waals surface area contributed by atoms with E-state index >= 15 is 0 Å². The number of carboxylic acids is 1. The van der Waals surface area contributed by atoms with Gasteiger partial charge in [-0.25, -0.2) is 8.42 Å². The predicted molar refractivity (Wildman–Crippen MR) is 67.9 cm³/mol. The third-order valence-corrected chi connectivity index (χ3v) is 4.78. The summed E-state index contributed by atoms with van der Waals surface area (Å²) < 4.78 is 25.6. The van der Waals surface area contributed by atoms with Crippen molar-refractivity contribution in [2.24, 2.45) is 0 Å². The van der Waals surface area contributed by atoms with E-state index in [0.29, 0.717) is 12.1 Å². The molecule has 2 heterocycles. The molecule has 0 saturated carbocycles. The molecule has 0 spiro atoms. The van der Waals surface area contributed by atoms with E-state index in [0.717, 1.165) is 4.31 Å². The Kier molecular flexibility index (Phi) is 4.13. The monoisotopic (exact) mass is 285 g/mol. The Hall–Kier alpha value is -1.51. The van der Waals surface area contributed by atoms with Gasteiger partial charge in [0, 0.05) is 32.0 Å². The smallest absolute Gasteiger partial charge is 0.323 e. The summed E-state index contributed by atoms with van der Waals surface area (Å²) in [4.78, 5) is 14.9. The van der Waals surface area contributed by atoms with Crippen LogP contribution in [0.5, 0.6) is 0 Å². The highest BCUT2D eigenvalue weighted by Gasteiger charge is 2.36. The van der Waals surface area contributed by atoms with Crippen molar-refractivity contribution in [3.8, 4) is 0 Å². The fourth-order valence-corrected chi connectivity index (χ4v) is 3.70. The standard InChI is InChI=1S/C11H15N3O4S/c15-11(16)10-7-13-5-6-14(10)19(17,18)8-9-1-3-12-4-2-9/h1-4,10,13H,5-8H2,(H,15,16). The summed E-state index contributed by atoms with van der Waals surface area (Å²) in [6.45, 7) is 0.759. The topological polar surface area (TPSA) is 99.6 Å². The third kappa shape index (κ3) is 3.28. The van der Waals surface area contributed by atoms with Gasteiger partial charge in [0.2, 0.25) is 10.0 Å². The van der Waals surface area contributed by atoms with E-state index in [1.807, 2.05) is 0 Å². The Morgan fingerprint density at radius 1 is 1.47 bits per heavy atom. The van der Waals surface area contributed by atoms with Crippen LogP contribution in [0.3, 0.4) is 0 Å². The number of nitrogens with one attached hydrogen (secondary N) is 1. The maximum Gasteiger partial charge on any atom is 0.323 e. The number of carbonyl (C=O) groups is 1. The lowest BCUT2D eigenvalue weighted by Gasteiger charge is -2.32. The maximum absolute atomic E-state index is 12.3. The normalized spacial score (nSPS) is 21.2. The lowest BCUT2D eigenvalue weighted by molar-refractivity contribution is -0.141. The van der Waals surface area contributed by atoms with Crippen molar-refractivity contribution in [1.29, 1.82) is 0 Å². The first kappa shape index (κ1) is 13.9. The molecule has 0 radical (unpaired) electrons. The summed E-state index contributed by atoms with van der Waals surface area (Å²) in [6.07, 6.45) is 3.02. The number of hydrogen-bond donors (Lipinski definition) is 2. The van der Waals surface area contributed by atoms with E-state index in [1.54, 1.807) is 12.1 Å². The minimum atomic E-state index is -3.65. The maximum atomic E-state index is 12.3. The van der Waals surface area contributed by atoms with E-state index < -0.39 is 22.0 Å². The third-order valence-electron chi connectivity index (χ3n) is 2.94. The summed E-state index contributed by atoms with van der Waals surface area (Å²) in [5, 5.41) is 12.0. The van der Waals surface area contributed by atoms with Crippen LogP contribution in [0.15, 0.2) is 24.5 Å². The molecular formula is C11H15N3O4S. The van der Waals surface area contributed by atoms with E-state index in [-0.39, 0.29) is 18.8 Å². The van der Waals surface area contributed by atoms with Crippen molar-refractivity contribution in [3.05, 3.63) is 30.1 Å². The molecular weight excluding hydrogens is 270 g/mol. The van der Waals surface area contributed by atoms with Crippen molar-refractivity contribution in [3.63, 3.8) is 0 Å². The second-order valence-corrected chi connectivity index (χ2v) is 6.20. The minimum absolute atomic E-state index is 0.130. The molecule has 0 aliphatic carbocycles. The zero-order valence-corrected chi connectivity index (χ0v) is 11.0. The van der Waals surface area contributed by atoms with Gasteiger partial charge in [-0.2, -0.15) is 4.31 Å². The van der Waals surface area contributed by atoms with Gasteiger partial charge in [-0.1, -0.05) is 0 Å². The number of sulfonamides is 1. The lowest BCUT2D eigenvalue weighted by atomic mass is 10.2. The van der Waals surface area contributed by atoms with Gasteiger partial charge in [-0.15, -0.1) is 0 Å². The quantitative estimate of drug-likeness (QED) is 0.756. The number of aromatic nitrogens is 1. The number of pyridine rings is 1. The summed E-state index contributed by atoms with van der Waals surface area (Å²) >= 11 is 0. The van der Waals surface area contributed by atoms with Crippen LogP contribution in [0.1, 0.15) is 5.56 Å². The highest BCUT2D eigenvalue weighted by Crippen LogP contribution is 2.15. The molecule has 1 atom stereocenters. The highest BCUT2D eigenvalue weighted by molar-refractivity contribution is 7.88. The molecule has 104 valence electrons. The largest absolute Gasteiger partial charge is 0.480 e. The van der Waals surface area contributed by atoms with Crippen LogP contribution in [-0.4, -0.2) is 54.5 Å². The number of piperazine rings is 1. The van der Waals surface area contributed by atoms with Crippen LogP contribution in [0.2, 0.25) is 0 Å². The SMILES string of the molecule is O=C(O)C1CNCCN1S(=O)(=O)Cc1ccncc1. The Labute approximate surface area is 111 Å². The second kappa shape index (κ2) is 5.64. The van der Waals surface area contributed by atoms with Gasteiger partial charge in [0.25, 0.3) is 0 Å². The molecule has 19 heavy (non-hydrogen) atoms.